The van der Waals surface area contributed by atoms with Gasteiger partial charge in [0.05, 0.1) is 5.60 Å². The average molecular weight is 316 g/mol. The van der Waals surface area contributed by atoms with E-state index in [4.69, 9.17) is 4.74 Å². The van der Waals surface area contributed by atoms with Crippen LogP contribution in [0.5, 0.6) is 5.75 Å². The Bertz CT molecular complexity index is 386. The van der Waals surface area contributed by atoms with Crippen LogP contribution in [-0.4, -0.2) is 23.4 Å². The summed E-state index contributed by atoms with van der Waals surface area (Å²) in [7, 11) is 0. The maximum Gasteiger partial charge on any atom is 0.119 e. The number of ether oxygens (including phenoxy) is 1. The van der Waals surface area contributed by atoms with Crippen molar-refractivity contribution in [1.82, 2.24) is 5.32 Å². The smallest absolute Gasteiger partial charge is 0.119 e. The highest BCUT2D eigenvalue weighted by molar-refractivity contribution is 9.10. The van der Waals surface area contributed by atoms with Gasteiger partial charge in [0.15, 0.2) is 0 Å². The van der Waals surface area contributed by atoms with Gasteiger partial charge in [-0.15, -0.1) is 0 Å². The van der Waals surface area contributed by atoms with Crippen LogP contribution in [0, 0.1) is 0 Å². The van der Waals surface area contributed by atoms with Gasteiger partial charge in [0.1, 0.15) is 12.4 Å². The third-order valence-electron chi connectivity index (χ3n) is 2.31. The molecule has 18 heavy (non-hydrogen) atoms. The molecule has 102 valence electrons. The van der Waals surface area contributed by atoms with Crippen LogP contribution >= 0.6 is 15.9 Å². The van der Waals surface area contributed by atoms with Crippen molar-refractivity contribution in [1.29, 1.82) is 0 Å². The molecule has 0 aromatic heterocycles. The van der Waals surface area contributed by atoms with Crippen LogP contribution in [0.2, 0.25) is 0 Å². The first-order chi connectivity index (χ1) is 8.28. The number of hydrogen-bond acceptors (Lipinski definition) is 3. The topological polar surface area (TPSA) is 41.5 Å². The van der Waals surface area contributed by atoms with Crippen molar-refractivity contribution in [3.05, 3.63) is 28.2 Å². The zero-order chi connectivity index (χ0) is 13.8. The predicted molar refractivity (Wildman–Crippen MR) is 77.9 cm³/mol. The normalized spacial score (nSPS) is 11.9. The second-order valence-corrected chi connectivity index (χ2v) is 6.24. The molecule has 0 amide bonds. The Kier molecular flexibility index (Phi) is 5.63. The van der Waals surface area contributed by atoms with Crippen LogP contribution in [0.1, 0.15) is 33.3 Å². The molecule has 0 bridgehead atoms. The molecule has 0 aliphatic carbocycles. The van der Waals surface area contributed by atoms with Gasteiger partial charge in [0.2, 0.25) is 0 Å². The van der Waals surface area contributed by atoms with Gasteiger partial charge < -0.3 is 15.2 Å². The van der Waals surface area contributed by atoms with Crippen LogP contribution in [0.3, 0.4) is 0 Å². The van der Waals surface area contributed by atoms with E-state index in [-0.39, 0.29) is 6.61 Å². The zero-order valence-electron chi connectivity index (χ0n) is 11.5. The van der Waals surface area contributed by atoms with Gasteiger partial charge in [0.25, 0.3) is 0 Å². The number of nitrogens with one attached hydrogen (secondary N) is 1. The molecule has 1 aromatic carbocycles. The van der Waals surface area contributed by atoms with E-state index in [1.54, 1.807) is 13.8 Å². The van der Waals surface area contributed by atoms with E-state index < -0.39 is 5.60 Å². The molecular weight excluding hydrogens is 294 g/mol. The molecule has 1 rings (SSSR count). The predicted octanol–water partition coefficient (Wildman–Crippen LogP) is 3.10. The Morgan fingerprint density at radius 1 is 1.39 bits per heavy atom. The van der Waals surface area contributed by atoms with E-state index in [9.17, 15) is 5.11 Å². The standard InChI is InChI=1S/C14H22BrNO2/c1-10(2)16-8-11-7-12(5-6-13(11)15)18-9-14(3,4)17/h5-7,10,16-17H,8-9H2,1-4H3. The summed E-state index contributed by atoms with van der Waals surface area (Å²) in [4.78, 5) is 0. The van der Waals surface area contributed by atoms with Crippen LogP contribution in [-0.2, 0) is 6.54 Å². The lowest BCUT2D eigenvalue weighted by Gasteiger charge is -2.18. The lowest BCUT2D eigenvalue weighted by atomic mass is 10.1. The fraction of sp³-hybridized carbons (Fsp3) is 0.571. The lowest BCUT2D eigenvalue weighted by molar-refractivity contribution is 0.0284. The first kappa shape index (κ1) is 15.5. The highest BCUT2D eigenvalue weighted by Gasteiger charge is 2.13. The molecule has 0 saturated heterocycles. The Labute approximate surface area is 118 Å². The van der Waals surface area contributed by atoms with Crippen molar-refractivity contribution in [3.63, 3.8) is 0 Å². The number of rotatable bonds is 6. The molecule has 0 radical (unpaired) electrons. The fourth-order valence-electron chi connectivity index (χ4n) is 1.35. The first-order valence-corrected chi connectivity index (χ1v) is 6.94. The maximum absolute atomic E-state index is 9.63. The first-order valence-electron chi connectivity index (χ1n) is 6.15. The number of aliphatic hydroxyl groups is 1. The van der Waals surface area contributed by atoms with Gasteiger partial charge in [-0.05, 0) is 37.6 Å². The largest absolute Gasteiger partial charge is 0.491 e. The highest BCUT2D eigenvalue weighted by Crippen LogP contribution is 2.23. The van der Waals surface area contributed by atoms with Crippen LogP contribution in [0.15, 0.2) is 22.7 Å². The lowest BCUT2D eigenvalue weighted by Crippen LogP contribution is -2.28. The van der Waals surface area contributed by atoms with Crippen molar-refractivity contribution in [2.24, 2.45) is 0 Å². The Morgan fingerprint density at radius 3 is 2.61 bits per heavy atom. The monoisotopic (exact) mass is 315 g/mol. The minimum Gasteiger partial charge on any atom is -0.491 e. The third kappa shape index (κ3) is 5.85. The highest BCUT2D eigenvalue weighted by atomic mass is 79.9. The van der Waals surface area contributed by atoms with Gasteiger partial charge in [-0.3, -0.25) is 0 Å². The molecule has 0 fully saturated rings. The van der Waals surface area contributed by atoms with Gasteiger partial charge in [-0.1, -0.05) is 29.8 Å². The summed E-state index contributed by atoms with van der Waals surface area (Å²) in [5.74, 6) is 0.779. The van der Waals surface area contributed by atoms with E-state index in [1.165, 1.54) is 0 Å². The summed E-state index contributed by atoms with van der Waals surface area (Å²) in [5.41, 5.74) is 0.334. The van der Waals surface area contributed by atoms with Gasteiger partial charge >= 0.3 is 0 Å². The van der Waals surface area contributed by atoms with E-state index in [2.05, 4.69) is 35.1 Å². The van der Waals surface area contributed by atoms with Crippen LogP contribution in [0.25, 0.3) is 0 Å². The molecule has 1 aromatic rings. The third-order valence-corrected chi connectivity index (χ3v) is 3.08. The minimum atomic E-state index is -0.816. The van der Waals surface area contributed by atoms with Crippen molar-refractivity contribution in [3.8, 4) is 5.75 Å². The van der Waals surface area contributed by atoms with Crippen molar-refractivity contribution in [2.45, 2.75) is 45.9 Å². The summed E-state index contributed by atoms with van der Waals surface area (Å²) in [6.07, 6.45) is 0. The zero-order valence-corrected chi connectivity index (χ0v) is 13.0. The van der Waals surface area contributed by atoms with E-state index in [1.807, 2.05) is 18.2 Å². The second-order valence-electron chi connectivity index (χ2n) is 5.39. The number of hydrogen-bond donors (Lipinski definition) is 2. The minimum absolute atomic E-state index is 0.283. The molecule has 0 atom stereocenters. The van der Waals surface area contributed by atoms with Gasteiger partial charge in [0, 0.05) is 17.1 Å². The van der Waals surface area contributed by atoms with E-state index in [0.29, 0.717) is 6.04 Å². The van der Waals surface area contributed by atoms with E-state index >= 15 is 0 Å². The van der Waals surface area contributed by atoms with Crippen LogP contribution < -0.4 is 10.1 Å². The van der Waals surface area contributed by atoms with Gasteiger partial charge in [-0.2, -0.15) is 0 Å². The summed E-state index contributed by atoms with van der Waals surface area (Å²) >= 11 is 3.53. The average Bonchev–Trinajstić information content (AvgIpc) is 2.25. The molecule has 0 spiro atoms. The summed E-state index contributed by atoms with van der Waals surface area (Å²) in [5, 5.41) is 13.0. The number of benzene rings is 1. The summed E-state index contributed by atoms with van der Waals surface area (Å²) < 4.78 is 6.64. The molecular formula is C14H22BrNO2. The second kappa shape index (κ2) is 6.55. The summed E-state index contributed by atoms with van der Waals surface area (Å²) in [6.45, 7) is 8.76. The van der Waals surface area contributed by atoms with Crippen LogP contribution in [0.4, 0.5) is 0 Å². The molecule has 0 saturated carbocycles. The Morgan fingerprint density at radius 2 is 2.06 bits per heavy atom. The van der Waals surface area contributed by atoms with E-state index in [0.717, 1.165) is 22.3 Å². The molecule has 0 aliphatic rings. The van der Waals surface area contributed by atoms with Crippen molar-refractivity contribution >= 4 is 15.9 Å². The maximum atomic E-state index is 9.63. The fourth-order valence-corrected chi connectivity index (χ4v) is 1.74. The molecule has 0 unspecified atom stereocenters. The molecule has 0 aliphatic heterocycles. The Balaban J connectivity index is 2.68. The molecule has 4 heteroatoms. The molecule has 3 nitrogen and oxygen atoms in total. The number of halogens is 1. The Hall–Kier alpha value is -0.580. The van der Waals surface area contributed by atoms with Crippen molar-refractivity contribution in [2.75, 3.05) is 6.61 Å². The van der Waals surface area contributed by atoms with Gasteiger partial charge in [-0.25, -0.2) is 0 Å². The quantitative estimate of drug-likeness (QED) is 0.847. The summed E-state index contributed by atoms with van der Waals surface area (Å²) in [6, 6.07) is 6.30. The molecule has 0 heterocycles. The SMILES string of the molecule is CC(C)NCc1cc(OCC(C)(C)O)ccc1Br. The van der Waals surface area contributed by atoms with Crippen molar-refractivity contribution < 1.29 is 9.84 Å². The molecule has 2 N–H and O–H groups in total.